The first kappa shape index (κ1) is 17.9. The molecule has 0 heterocycles. The zero-order valence-corrected chi connectivity index (χ0v) is 16.5. The van der Waals surface area contributed by atoms with E-state index in [9.17, 15) is 0 Å². The van der Waals surface area contributed by atoms with Crippen LogP contribution in [-0.4, -0.2) is 5.80 Å². The fourth-order valence-electron chi connectivity index (χ4n) is 3.45. The number of halogens is 1. The van der Waals surface area contributed by atoms with Crippen molar-refractivity contribution in [1.29, 1.82) is 0 Å². The molecule has 0 radical (unpaired) electrons. The smallest absolute Gasteiger partial charge is 0.0478 e. The van der Waals surface area contributed by atoms with Gasteiger partial charge in [-0.15, -0.1) is 0 Å². The van der Waals surface area contributed by atoms with Gasteiger partial charge in [-0.1, -0.05) is 121 Å². The molecule has 27 heavy (non-hydrogen) atoms. The predicted octanol–water partition coefficient (Wildman–Crippen LogP) is 5.48. The largest absolute Gasteiger partial charge is 0.0837 e. The van der Waals surface area contributed by atoms with E-state index in [1.54, 1.807) is 0 Å². The Morgan fingerprint density at radius 3 is 1.26 bits per heavy atom. The van der Waals surface area contributed by atoms with Gasteiger partial charge in [0.25, 0.3) is 0 Å². The van der Waals surface area contributed by atoms with E-state index in [1.165, 1.54) is 15.9 Å². The van der Waals surface area contributed by atoms with Crippen LogP contribution in [-0.2, 0) is 0 Å². The number of benzene rings is 4. The average molecular weight is 387 g/mol. The maximum atomic E-state index is 6.58. The van der Waals surface area contributed by atoms with Gasteiger partial charge in [-0.3, -0.25) is 0 Å². The summed E-state index contributed by atoms with van der Waals surface area (Å²) in [6.45, 7) is -2.01. The normalized spacial score (nSPS) is 11.1. The highest BCUT2D eigenvalue weighted by Crippen LogP contribution is 2.44. The Morgan fingerprint density at radius 2 is 0.852 bits per heavy atom. The van der Waals surface area contributed by atoms with Crippen molar-refractivity contribution in [3.8, 4) is 0 Å². The van der Waals surface area contributed by atoms with Gasteiger partial charge >= 0.3 is 0 Å². The molecule has 4 aromatic carbocycles. The van der Waals surface area contributed by atoms with E-state index >= 15 is 0 Å². The van der Waals surface area contributed by atoms with Crippen LogP contribution in [0.15, 0.2) is 115 Å². The maximum absolute atomic E-state index is 6.58. The SMILES string of the molecule is Clc1ccccc1C=P(c1ccccc1)(c1ccccc1)c1ccccc1. The zero-order valence-electron chi connectivity index (χ0n) is 14.9. The molecule has 0 aliphatic carbocycles. The molecule has 0 nitrogen and oxygen atoms in total. The van der Waals surface area contributed by atoms with E-state index in [0.717, 1.165) is 10.6 Å². The van der Waals surface area contributed by atoms with Gasteiger partial charge in [0.2, 0.25) is 0 Å². The number of hydrogen-bond donors (Lipinski definition) is 0. The summed E-state index contributed by atoms with van der Waals surface area (Å²) in [4.78, 5) is 0. The molecule has 4 rings (SSSR count). The first-order valence-corrected chi connectivity index (χ1v) is 11.2. The van der Waals surface area contributed by atoms with Crippen LogP contribution in [0, 0.1) is 0 Å². The van der Waals surface area contributed by atoms with Gasteiger partial charge in [-0.2, -0.15) is 0 Å². The van der Waals surface area contributed by atoms with Crippen LogP contribution >= 0.6 is 18.5 Å². The Hall–Kier alpha value is -2.53. The minimum atomic E-state index is -2.01. The highest BCUT2D eigenvalue weighted by atomic mass is 35.5. The summed E-state index contributed by atoms with van der Waals surface area (Å²) in [5.74, 6) is 2.40. The predicted molar refractivity (Wildman–Crippen MR) is 122 cm³/mol. The standard InChI is InChI=1S/C25H20ClP/c26-25-19-11-10-12-21(25)20-27(22-13-4-1-5-14-22,23-15-6-2-7-16-23)24-17-8-3-9-18-24/h1-20H. The van der Waals surface area contributed by atoms with E-state index in [1.807, 2.05) is 18.2 Å². The maximum Gasteiger partial charge on any atom is 0.0478 e. The van der Waals surface area contributed by atoms with Crippen molar-refractivity contribution in [3.63, 3.8) is 0 Å². The van der Waals surface area contributed by atoms with Crippen LogP contribution in [0.1, 0.15) is 5.56 Å². The quantitative estimate of drug-likeness (QED) is 0.407. The lowest BCUT2D eigenvalue weighted by Crippen LogP contribution is -2.27. The van der Waals surface area contributed by atoms with Crippen LogP contribution in [0.5, 0.6) is 0 Å². The van der Waals surface area contributed by atoms with Gasteiger partial charge in [0.15, 0.2) is 0 Å². The summed E-state index contributed by atoms with van der Waals surface area (Å²) in [5.41, 5.74) is 1.07. The minimum Gasteiger partial charge on any atom is -0.0837 e. The summed E-state index contributed by atoms with van der Waals surface area (Å²) >= 11 is 6.58. The third-order valence-corrected chi connectivity index (χ3v) is 9.08. The first-order valence-electron chi connectivity index (χ1n) is 8.97. The molecular formula is C25H20ClP. The van der Waals surface area contributed by atoms with Crippen LogP contribution in [0.4, 0.5) is 0 Å². The minimum absolute atomic E-state index is 0.782. The Bertz CT molecular complexity index is 967. The topological polar surface area (TPSA) is 0 Å². The molecule has 0 saturated carbocycles. The second-order valence-corrected chi connectivity index (χ2v) is 10.0. The summed E-state index contributed by atoms with van der Waals surface area (Å²) in [5, 5.41) is 4.75. The molecule has 0 fully saturated rings. The van der Waals surface area contributed by atoms with Crippen molar-refractivity contribution in [2.45, 2.75) is 0 Å². The molecule has 0 saturated heterocycles. The van der Waals surface area contributed by atoms with E-state index < -0.39 is 6.89 Å². The Labute approximate surface area is 166 Å². The molecule has 0 aromatic heterocycles. The van der Waals surface area contributed by atoms with Gasteiger partial charge < -0.3 is 0 Å². The molecule has 0 unspecified atom stereocenters. The lowest BCUT2D eigenvalue weighted by atomic mass is 10.2. The molecule has 4 aromatic rings. The molecule has 0 aliphatic rings. The lowest BCUT2D eigenvalue weighted by molar-refractivity contribution is 1.68. The second-order valence-electron chi connectivity index (χ2n) is 6.38. The molecule has 0 aliphatic heterocycles. The highest BCUT2D eigenvalue weighted by molar-refractivity contribution is 7.94. The summed E-state index contributed by atoms with van der Waals surface area (Å²) < 4.78 is 0. The molecule has 0 atom stereocenters. The third kappa shape index (κ3) is 3.52. The molecule has 0 spiro atoms. The van der Waals surface area contributed by atoms with Crippen molar-refractivity contribution in [1.82, 2.24) is 0 Å². The lowest BCUT2D eigenvalue weighted by Gasteiger charge is -2.29. The number of rotatable bonds is 4. The monoisotopic (exact) mass is 386 g/mol. The van der Waals surface area contributed by atoms with Gasteiger partial charge in [0.05, 0.1) is 0 Å². The van der Waals surface area contributed by atoms with E-state index in [4.69, 9.17) is 11.6 Å². The number of hydrogen-bond acceptors (Lipinski definition) is 0. The van der Waals surface area contributed by atoms with Gasteiger partial charge in [0, 0.05) is 5.02 Å². The van der Waals surface area contributed by atoms with Crippen molar-refractivity contribution in [3.05, 3.63) is 126 Å². The molecule has 2 heteroatoms. The molecule has 0 N–H and O–H groups in total. The molecular weight excluding hydrogens is 367 g/mol. The van der Waals surface area contributed by atoms with Gasteiger partial charge in [-0.25, -0.2) is 0 Å². The highest BCUT2D eigenvalue weighted by Gasteiger charge is 2.25. The molecule has 0 bridgehead atoms. The summed E-state index contributed by atoms with van der Waals surface area (Å²) in [6.07, 6.45) is 0. The van der Waals surface area contributed by atoms with Crippen molar-refractivity contribution >= 4 is 40.2 Å². The van der Waals surface area contributed by atoms with Crippen LogP contribution in [0.25, 0.3) is 0 Å². The van der Waals surface area contributed by atoms with Gasteiger partial charge in [-0.05, 0) is 40.2 Å². The second kappa shape index (κ2) is 8.01. The Morgan fingerprint density at radius 1 is 0.481 bits per heavy atom. The van der Waals surface area contributed by atoms with E-state index in [2.05, 4.69) is 103 Å². The fraction of sp³-hybridized carbons (Fsp3) is 0. The van der Waals surface area contributed by atoms with Crippen molar-refractivity contribution in [2.24, 2.45) is 0 Å². The fourth-order valence-corrected chi connectivity index (χ4v) is 7.63. The Balaban J connectivity index is 2.15. The van der Waals surface area contributed by atoms with Crippen LogP contribution < -0.4 is 15.9 Å². The van der Waals surface area contributed by atoms with E-state index in [-0.39, 0.29) is 0 Å². The van der Waals surface area contributed by atoms with Crippen LogP contribution in [0.2, 0.25) is 5.02 Å². The Kier molecular flexibility index (Phi) is 5.30. The molecule has 0 amide bonds. The van der Waals surface area contributed by atoms with Crippen molar-refractivity contribution < 1.29 is 0 Å². The summed E-state index contributed by atoms with van der Waals surface area (Å²) in [6, 6.07) is 40.5. The van der Waals surface area contributed by atoms with Gasteiger partial charge in [0.1, 0.15) is 0 Å². The summed E-state index contributed by atoms with van der Waals surface area (Å²) in [7, 11) is 0. The third-order valence-electron chi connectivity index (χ3n) is 4.73. The first-order chi connectivity index (χ1) is 13.3. The average Bonchev–Trinajstić information content (AvgIpc) is 2.75. The van der Waals surface area contributed by atoms with Crippen molar-refractivity contribution in [2.75, 3.05) is 0 Å². The molecule has 132 valence electrons. The zero-order chi connectivity index (χ0) is 18.5. The van der Waals surface area contributed by atoms with Crippen LogP contribution in [0.3, 0.4) is 0 Å². The van der Waals surface area contributed by atoms with E-state index in [0.29, 0.717) is 0 Å².